The summed E-state index contributed by atoms with van der Waals surface area (Å²) in [5.41, 5.74) is 2.01. The highest BCUT2D eigenvalue weighted by Crippen LogP contribution is 2.32. The van der Waals surface area contributed by atoms with E-state index in [0.717, 1.165) is 9.87 Å². The van der Waals surface area contributed by atoms with Gasteiger partial charge in [-0.15, -0.1) is 0 Å². The second-order valence-electron chi connectivity index (χ2n) is 7.33. The van der Waals surface area contributed by atoms with Gasteiger partial charge in [-0.05, 0) is 42.8 Å². The minimum Gasteiger partial charge on any atom is -0.497 e. The van der Waals surface area contributed by atoms with Crippen molar-refractivity contribution >= 4 is 27.6 Å². The molecule has 3 rings (SSSR count). The Morgan fingerprint density at radius 1 is 1.06 bits per heavy atom. The van der Waals surface area contributed by atoms with Gasteiger partial charge in [-0.1, -0.05) is 17.7 Å². The van der Waals surface area contributed by atoms with Gasteiger partial charge < -0.3 is 19.1 Å². The maximum Gasteiger partial charge on any atom is 0.326 e. The zero-order chi connectivity index (χ0) is 23.5. The molecule has 1 amide bonds. The number of anilines is 1. The number of fused-ring (bicyclic) bond motifs is 1. The number of nitrogens with zero attached hydrogens (tertiary/aromatic N) is 2. The van der Waals surface area contributed by atoms with E-state index in [4.69, 9.17) is 14.2 Å². The lowest BCUT2D eigenvalue weighted by Crippen LogP contribution is -2.51. The number of esters is 1. The molecule has 0 radical (unpaired) electrons. The van der Waals surface area contributed by atoms with E-state index in [9.17, 15) is 18.0 Å². The molecule has 1 heterocycles. The second kappa shape index (κ2) is 9.68. The third-order valence-corrected chi connectivity index (χ3v) is 7.13. The van der Waals surface area contributed by atoms with E-state index >= 15 is 0 Å². The molecule has 0 aromatic heterocycles. The van der Waals surface area contributed by atoms with Crippen LogP contribution in [-0.2, 0) is 35.6 Å². The third kappa shape index (κ3) is 4.62. The van der Waals surface area contributed by atoms with E-state index in [1.54, 1.807) is 12.1 Å². The first-order chi connectivity index (χ1) is 15.2. The number of rotatable bonds is 6. The summed E-state index contributed by atoms with van der Waals surface area (Å²) >= 11 is 0. The summed E-state index contributed by atoms with van der Waals surface area (Å²) in [4.78, 5) is 26.9. The predicted octanol–water partition coefficient (Wildman–Crippen LogP) is 1.73. The monoisotopic (exact) mass is 462 g/mol. The van der Waals surface area contributed by atoms with Crippen molar-refractivity contribution in [1.29, 1.82) is 0 Å². The van der Waals surface area contributed by atoms with Crippen molar-refractivity contribution in [3.63, 3.8) is 0 Å². The van der Waals surface area contributed by atoms with Crippen molar-refractivity contribution in [2.75, 3.05) is 39.4 Å². The average Bonchev–Trinajstić information content (AvgIpc) is 2.96. The Morgan fingerprint density at radius 2 is 1.75 bits per heavy atom. The lowest BCUT2D eigenvalue weighted by atomic mass is 10.1. The van der Waals surface area contributed by atoms with Crippen LogP contribution in [0.4, 0.5) is 5.69 Å². The first kappa shape index (κ1) is 23.7. The number of benzene rings is 2. The van der Waals surface area contributed by atoms with Crippen LogP contribution in [0, 0.1) is 6.92 Å². The second-order valence-corrected chi connectivity index (χ2v) is 9.22. The number of carbonyl (C=O) groups excluding carboxylic acids is 2. The highest BCUT2D eigenvalue weighted by molar-refractivity contribution is 7.89. The number of carbonyl (C=O) groups is 2. The van der Waals surface area contributed by atoms with Gasteiger partial charge in [0.05, 0.1) is 25.7 Å². The van der Waals surface area contributed by atoms with Crippen molar-refractivity contribution in [2.45, 2.75) is 24.4 Å². The van der Waals surface area contributed by atoms with Gasteiger partial charge in [-0.3, -0.25) is 9.59 Å². The first-order valence-electron chi connectivity index (χ1n) is 9.85. The van der Waals surface area contributed by atoms with E-state index in [-0.39, 0.29) is 24.6 Å². The molecule has 0 saturated heterocycles. The van der Waals surface area contributed by atoms with Gasteiger partial charge in [0.1, 0.15) is 18.4 Å². The van der Waals surface area contributed by atoms with Crippen LogP contribution >= 0.6 is 0 Å². The lowest BCUT2D eigenvalue weighted by molar-refractivity contribution is -0.145. The Balaban J connectivity index is 2.15. The van der Waals surface area contributed by atoms with E-state index in [0.29, 0.717) is 17.0 Å². The van der Waals surface area contributed by atoms with Gasteiger partial charge >= 0.3 is 5.97 Å². The summed E-state index contributed by atoms with van der Waals surface area (Å²) in [6.45, 7) is 1.33. The molecule has 0 saturated carbocycles. The van der Waals surface area contributed by atoms with Gasteiger partial charge in [0, 0.05) is 19.3 Å². The van der Waals surface area contributed by atoms with Crippen molar-refractivity contribution in [3.05, 3.63) is 53.6 Å². The molecule has 1 aliphatic heterocycles. The fraction of sp³-hybridized carbons (Fsp3) is 0.364. The molecule has 1 unspecified atom stereocenters. The number of sulfonamides is 1. The van der Waals surface area contributed by atoms with Crippen molar-refractivity contribution in [2.24, 2.45) is 0 Å². The third-order valence-electron chi connectivity index (χ3n) is 5.26. The molecule has 0 bridgehead atoms. The molecule has 0 fully saturated rings. The molecule has 32 heavy (non-hydrogen) atoms. The molecule has 10 heteroatoms. The van der Waals surface area contributed by atoms with Crippen LogP contribution in [-0.4, -0.2) is 65.1 Å². The molecule has 1 atom stereocenters. The Labute approximate surface area is 187 Å². The maximum absolute atomic E-state index is 13.6. The standard InChI is InChI=1S/C22H26N2O7S/c1-15-5-10-19-16(11-15)12-24(32(27,28)18-8-6-17(30-3)7-9-18)20(22(26)31-4)13-23(19)21(25)14-29-2/h5-11,20H,12-14H2,1-4H3. The van der Waals surface area contributed by atoms with E-state index in [1.165, 1.54) is 50.5 Å². The van der Waals surface area contributed by atoms with Crippen LogP contribution in [0.1, 0.15) is 11.1 Å². The number of aryl methyl sites for hydroxylation is 1. The summed E-state index contributed by atoms with van der Waals surface area (Å²) in [6, 6.07) is 10.0. The van der Waals surface area contributed by atoms with Crippen LogP contribution in [0.25, 0.3) is 0 Å². The van der Waals surface area contributed by atoms with Crippen LogP contribution in [0.2, 0.25) is 0 Å². The van der Waals surface area contributed by atoms with Gasteiger partial charge in [0.2, 0.25) is 10.0 Å². The number of hydrogen-bond donors (Lipinski definition) is 0. The van der Waals surface area contributed by atoms with E-state index in [1.807, 2.05) is 13.0 Å². The zero-order valence-corrected chi connectivity index (χ0v) is 19.2. The van der Waals surface area contributed by atoms with Gasteiger partial charge in [0.25, 0.3) is 5.91 Å². The molecule has 9 nitrogen and oxygen atoms in total. The van der Waals surface area contributed by atoms with Gasteiger partial charge in [0.15, 0.2) is 0 Å². The molecule has 0 spiro atoms. The van der Waals surface area contributed by atoms with Crippen molar-refractivity contribution in [1.82, 2.24) is 4.31 Å². The largest absolute Gasteiger partial charge is 0.497 e. The maximum atomic E-state index is 13.6. The Hall–Kier alpha value is -2.95. The predicted molar refractivity (Wildman–Crippen MR) is 117 cm³/mol. The first-order valence-corrected chi connectivity index (χ1v) is 11.3. The quantitative estimate of drug-likeness (QED) is 0.603. The minimum absolute atomic E-state index is 0.00178. The molecule has 2 aromatic rings. The number of amides is 1. The highest BCUT2D eigenvalue weighted by Gasteiger charge is 2.42. The van der Waals surface area contributed by atoms with Crippen LogP contribution in [0.5, 0.6) is 5.75 Å². The Morgan fingerprint density at radius 3 is 2.34 bits per heavy atom. The smallest absolute Gasteiger partial charge is 0.326 e. The molecule has 1 aliphatic rings. The molecule has 172 valence electrons. The Bertz CT molecular complexity index is 1100. The number of ether oxygens (including phenoxy) is 3. The van der Waals surface area contributed by atoms with Gasteiger partial charge in [-0.25, -0.2) is 8.42 Å². The topological polar surface area (TPSA) is 102 Å². The van der Waals surface area contributed by atoms with Crippen molar-refractivity contribution in [3.8, 4) is 5.75 Å². The number of methoxy groups -OCH3 is 3. The average molecular weight is 463 g/mol. The summed E-state index contributed by atoms with van der Waals surface area (Å²) in [6.07, 6.45) is 0. The Kier molecular flexibility index (Phi) is 7.17. The van der Waals surface area contributed by atoms with Crippen LogP contribution in [0.15, 0.2) is 47.4 Å². The normalized spacial score (nSPS) is 16.8. The molecular formula is C22H26N2O7S. The van der Waals surface area contributed by atoms with E-state index in [2.05, 4.69) is 0 Å². The van der Waals surface area contributed by atoms with Crippen molar-refractivity contribution < 1.29 is 32.2 Å². The van der Waals surface area contributed by atoms with Crippen LogP contribution in [0.3, 0.4) is 0 Å². The summed E-state index contributed by atoms with van der Waals surface area (Å²) in [5.74, 6) is -0.654. The summed E-state index contributed by atoms with van der Waals surface area (Å²) in [5, 5.41) is 0. The van der Waals surface area contributed by atoms with Crippen LogP contribution < -0.4 is 9.64 Å². The highest BCUT2D eigenvalue weighted by atomic mass is 32.2. The van der Waals surface area contributed by atoms with Gasteiger partial charge in [-0.2, -0.15) is 4.31 Å². The zero-order valence-electron chi connectivity index (χ0n) is 18.4. The fourth-order valence-electron chi connectivity index (χ4n) is 3.65. The lowest BCUT2D eigenvalue weighted by Gasteiger charge is -2.29. The molecular weight excluding hydrogens is 436 g/mol. The SMILES string of the molecule is COCC(=O)N1CC(C(=O)OC)N(S(=O)(=O)c2ccc(OC)cc2)Cc2cc(C)ccc21. The van der Waals surface area contributed by atoms with E-state index < -0.39 is 27.9 Å². The minimum atomic E-state index is -4.12. The molecule has 0 aliphatic carbocycles. The summed E-state index contributed by atoms with van der Waals surface area (Å²) in [7, 11) is -0.0639. The fourth-order valence-corrected chi connectivity index (χ4v) is 5.19. The number of hydrogen-bond acceptors (Lipinski definition) is 7. The molecule has 0 N–H and O–H groups in total. The molecule has 2 aromatic carbocycles. The summed E-state index contributed by atoms with van der Waals surface area (Å²) < 4.78 is 43.3.